The van der Waals surface area contributed by atoms with Gasteiger partial charge in [0.05, 0.1) is 30.1 Å². The topological polar surface area (TPSA) is 117 Å². The summed E-state index contributed by atoms with van der Waals surface area (Å²) in [5.74, 6) is -0.617. The molecule has 2 aromatic carbocycles. The van der Waals surface area contributed by atoms with Crippen molar-refractivity contribution in [1.82, 2.24) is 24.2 Å². The first-order chi connectivity index (χ1) is 18.8. The fraction of sp³-hybridized carbons (Fsp3) is 0.357. The molecule has 2 aromatic heterocycles. The van der Waals surface area contributed by atoms with Crippen molar-refractivity contribution in [3.8, 4) is 5.69 Å². The highest BCUT2D eigenvalue weighted by Gasteiger charge is 2.35. The van der Waals surface area contributed by atoms with Crippen LogP contribution in [0, 0.1) is 5.82 Å². The normalized spacial score (nSPS) is 19.1. The second-order valence-corrected chi connectivity index (χ2v) is 10.4. The van der Waals surface area contributed by atoms with E-state index in [1.807, 2.05) is 24.3 Å². The summed E-state index contributed by atoms with van der Waals surface area (Å²) < 4.78 is 16.2. The third kappa shape index (κ3) is 4.90. The van der Waals surface area contributed by atoms with Crippen molar-refractivity contribution >= 4 is 22.6 Å². The van der Waals surface area contributed by atoms with Gasteiger partial charge in [-0.2, -0.15) is 5.10 Å². The minimum atomic E-state index is -1.17. The quantitative estimate of drug-likeness (QED) is 0.404. The molecule has 0 aliphatic carbocycles. The Hall–Kier alpha value is -4.09. The van der Waals surface area contributed by atoms with Crippen LogP contribution in [-0.2, 0) is 6.54 Å². The highest BCUT2D eigenvalue weighted by Crippen LogP contribution is 2.26. The molecule has 0 radical (unpaired) electrons. The third-order valence-electron chi connectivity index (χ3n) is 7.71. The Bertz CT molecular complexity index is 1560. The average molecular weight is 533 g/mol. The number of amides is 1. The van der Waals surface area contributed by atoms with Gasteiger partial charge in [0.1, 0.15) is 17.5 Å². The largest absolute Gasteiger partial charge is 0.391 e. The number of aromatic nitrogens is 4. The average Bonchev–Trinajstić information content (AvgIpc) is 3.58. The summed E-state index contributed by atoms with van der Waals surface area (Å²) in [4.78, 5) is 34.2. The van der Waals surface area contributed by atoms with Crippen LogP contribution < -0.4 is 10.5 Å². The van der Waals surface area contributed by atoms with Crippen LogP contribution in [0.4, 0.5) is 10.1 Å². The van der Waals surface area contributed by atoms with Crippen LogP contribution in [0.25, 0.3) is 16.7 Å². The standard InChI is InChI=1S/C28H29FN6O4/c29-20-3-1-19(2-4-20)26(37)32-13-10-28(39,11-14-32)17-34-18-30-25-24(27(34)38)15-31-35(25)22-7-5-21(6-8-22)33-12-9-23(36)16-33/h1-8,15,18,23,36,39H,9-14,16-17H2/t23-/m0/s1. The Morgan fingerprint density at radius 2 is 1.72 bits per heavy atom. The van der Waals surface area contributed by atoms with Crippen molar-refractivity contribution in [2.24, 2.45) is 0 Å². The Morgan fingerprint density at radius 1 is 1.03 bits per heavy atom. The third-order valence-corrected chi connectivity index (χ3v) is 7.71. The number of fused-ring (bicyclic) bond motifs is 1. The Balaban J connectivity index is 1.15. The fourth-order valence-electron chi connectivity index (χ4n) is 5.41. The molecule has 2 aliphatic rings. The molecule has 4 heterocycles. The van der Waals surface area contributed by atoms with Crippen LogP contribution in [0.5, 0.6) is 0 Å². The molecule has 6 rings (SSSR count). The van der Waals surface area contributed by atoms with Crippen molar-refractivity contribution in [2.75, 3.05) is 31.1 Å². The minimum absolute atomic E-state index is 0.0505. The SMILES string of the molecule is O=C(c1ccc(F)cc1)N1CCC(O)(Cn2cnc3c(cnn3-c3ccc(N4CC[C@H](O)C4)cc3)c2=O)CC1. The van der Waals surface area contributed by atoms with E-state index in [1.54, 1.807) is 9.58 Å². The van der Waals surface area contributed by atoms with Gasteiger partial charge < -0.3 is 20.0 Å². The second-order valence-electron chi connectivity index (χ2n) is 10.4. The number of aliphatic hydroxyl groups is 2. The number of anilines is 1. The molecule has 0 unspecified atom stereocenters. The van der Waals surface area contributed by atoms with Gasteiger partial charge in [0, 0.05) is 37.4 Å². The van der Waals surface area contributed by atoms with Gasteiger partial charge in [0.25, 0.3) is 11.5 Å². The smallest absolute Gasteiger partial charge is 0.264 e. The number of likely N-dealkylation sites (tertiary alicyclic amines) is 1. The van der Waals surface area contributed by atoms with Crippen molar-refractivity contribution in [3.05, 3.63) is 82.8 Å². The molecule has 0 spiro atoms. The van der Waals surface area contributed by atoms with Gasteiger partial charge in [-0.3, -0.25) is 14.2 Å². The Labute approximate surface area is 223 Å². The van der Waals surface area contributed by atoms with Gasteiger partial charge in [-0.1, -0.05) is 0 Å². The molecule has 1 amide bonds. The number of hydrogen-bond donors (Lipinski definition) is 2. The van der Waals surface area contributed by atoms with Gasteiger partial charge in [0.15, 0.2) is 5.65 Å². The molecule has 2 N–H and O–H groups in total. The molecule has 2 aliphatic heterocycles. The maximum absolute atomic E-state index is 13.3. The van der Waals surface area contributed by atoms with Crippen LogP contribution >= 0.6 is 0 Å². The van der Waals surface area contributed by atoms with Crippen molar-refractivity contribution in [1.29, 1.82) is 0 Å². The first kappa shape index (κ1) is 25.2. The zero-order chi connectivity index (χ0) is 27.1. The summed E-state index contributed by atoms with van der Waals surface area (Å²) in [6.07, 6.45) is 3.95. The molecule has 11 heteroatoms. The number of halogens is 1. The number of nitrogens with zero attached hydrogens (tertiary/aromatic N) is 6. The molecule has 1 atom stereocenters. The van der Waals surface area contributed by atoms with E-state index in [2.05, 4.69) is 15.0 Å². The van der Waals surface area contributed by atoms with Crippen molar-refractivity contribution in [3.63, 3.8) is 0 Å². The lowest BCUT2D eigenvalue weighted by Gasteiger charge is -2.38. The molecule has 202 valence electrons. The molecule has 2 saturated heterocycles. The van der Waals surface area contributed by atoms with Crippen LogP contribution in [0.3, 0.4) is 0 Å². The number of benzene rings is 2. The van der Waals surface area contributed by atoms with Crippen LogP contribution in [0.2, 0.25) is 0 Å². The van der Waals surface area contributed by atoms with Crippen molar-refractivity contribution in [2.45, 2.75) is 37.5 Å². The van der Waals surface area contributed by atoms with E-state index in [0.29, 0.717) is 49.1 Å². The number of carbonyl (C=O) groups excluding carboxylic acids is 1. The lowest BCUT2D eigenvalue weighted by Crippen LogP contribution is -2.49. The first-order valence-electron chi connectivity index (χ1n) is 13.0. The molecule has 4 aromatic rings. The maximum atomic E-state index is 13.3. The van der Waals surface area contributed by atoms with Crippen LogP contribution in [-0.4, -0.2) is 78.2 Å². The number of β-amino-alcohol motifs (C(OH)–C–C–N with tert-alkyl or cyclic N) is 1. The van der Waals surface area contributed by atoms with Gasteiger partial charge >= 0.3 is 0 Å². The monoisotopic (exact) mass is 532 g/mol. The first-order valence-corrected chi connectivity index (χ1v) is 13.0. The van der Waals surface area contributed by atoms with E-state index in [4.69, 9.17) is 0 Å². The number of aliphatic hydroxyl groups excluding tert-OH is 1. The summed E-state index contributed by atoms with van der Waals surface area (Å²) in [6.45, 7) is 2.11. The zero-order valence-corrected chi connectivity index (χ0v) is 21.3. The summed E-state index contributed by atoms with van der Waals surface area (Å²) >= 11 is 0. The molecular weight excluding hydrogens is 503 g/mol. The van der Waals surface area contributed by atoms with E-state index >= 15 is 0 Å². The van der Waals surface area contributed by atoms with Gasteiger partial charge in [-0.15, -0.1) is 0 Å². The van der Waals surface area contributed by atoms with E-state index in [0.717, 1.165) is 24.3 Å². The summed E-state index contributed by atoms with van der Waals surface area (Å²) in [5, 5.41) is 25.8. The molecule has 0 saturated carbocycles. The lowest BCUT2D eigenvalue weighted by atomic mass is 9.91. The van der Waals surface area contributed by atoms with Crippen LogP contribution in [0.15, 0.2) is 65.8 Å². The van der Waals surface area contributed by atoms with Gasteiger partial charge in [-0.05, 0) is 67.8 Å². The van der Waals surface area contributed by atoms with E-state index in [9.17, 15) is 24.2 Å². The Kier molecular flexibility index (Phi) is 6.40. The predicted molar refractivity (Wildman–Crippen MR) is 142 cm³/mol. The predicted octanol–water partition coefficient (Wildman–Crippen LogP) is 1.96. The number of piperidine rings is 1. The zero-order valence-electron chi connectivity index (χ0n) is 21.3. The molecule has 2 fully saturated rings. The van der Waals surface area contributed by atoms with Crippen LogP contribution in [0.1, 0.15) is 29.6 Å². The molecule has 39 heavy (non-hydrogen) atoms. The van der Waals surface area contributed by atoms with E-state index in [-0.39, 0.29) is 24.1 Å². The molecular formula is C28H29FN6O4. The highest BCUT2D eigenvalue weighted by molar-refractivity contribution is 5.94. The Morgan fingerprint density at radius 3 is 2.38 bits per heavy atom. The highest BCUT2D eigenvalue weighted by atomic mass is 19.1. The summed E-state index contributed by atoms with van der Waals surface area (Å²) in [6, 6.07) is 13.1. The molecule has 10 nitrogen and oxygen atoms in total. The minimum Gasteiger partial charge on any atom is -0.391 e. The van der Waals surface area contributed by atoms with Crippen molar-refractivity contribution < 1.29 is 19.4 Å². The summed E-state index contributed by atoms with van der Waals surface area (Å²) in [5.41, 5.74) is 1.12. The number of rotatable bonds is 5. The van der Waals surface area contributed by atoms with Gasteiger partial charge in [0.2, 0.25) is 0 Å². The fourth-order valence-corrected chi connectivity index (χ4v) is 5.41. The van der Waals surface area contributed by atoms with Gasteiger partial charge in [-0.25, -0.2) is 14.1 Å². The van der Waals surface area contributed by atoms with E-state index < -0.39 is 11.4 Å². The maximum Gasteiger partial charge on any atom is 0.264 e. The van der Waals surface area contributed by atoms with E-state index in [1.165, 1.54) is 41.4 Å². The number of carbonyl (C=O) groups is 1. The second kappa shape index (κ2) is 9.90. The lowest BCUT2D eigenvalue weighted by molar-refractivity contribution is -0.0299. The number of hydrogen-bond acceptors (Lipinski definition) is 7. The summed E-state index contributed by atoms with van der Waals surface area (Å²) in [7, 11) is 0. The molecule has 0 bridgehead atoms.